The van der Waals surface area contributed by atoms with Gasteiger partial charge in [-0.1, -0.05) is 0 Å². The van der Waals surface area contributed by atoms with Gasteiger partial charge in [0.25, 0.3) is 5.91 Å². The van der Waals surface area contributed by atoms with Crippen LogP contribution in [0.5, 0.6) is 0 Å². The molecule has 1 saturated heterocycles. The predicted octanol–water partition coefficient (Wildman–Crippen LogP) is 0.0385. The van der Waals surface area contributed by atoms with E-state index in [0.717, 1.165) is 0 Å². The number of hydrogen-bond donors (Lipinski definition) is 2. The normalized spacial score (nSPS) is 13.9. The van der Waals surface area contributed by atoms with Crippen molar-refractivity contribution in [2.75, 3.05) is 37.6 Å². The zero-order valence-corrected chi connectivity index (χ0v) is 15.1. The molecule has 10 heteroatoms. The number of hydrogen-bond acceptors (Lipinski definition) is 7. The van der Waals surface area contributed by atoms with Crippen molar-refractivity contribution in [3.8, 4) is 0 Å². The highest BCUT2D eigenvalue weighted by atomic mass is 16.4. The number of rotatable bonds is 6. The Bertz CT molecular complexity index is 835. The molecule has 2 aromatic rings. The van der Waals surface area contributed by atoms with Crippen LogP contribution >= 0.6 is 0 Å². The van der Waals surface area contributed by atoms with Crippen LogP contribution in [0, 0.1) is 0 Å². The number of anilines is 1. The van der Waals surface area contributed by atoms with Crippen LogP contribution < -0.4 is 10.2 Å². The second-order valence-corrected chi connectivity index (χ2v) is 6.16. The summed E-state index contributed by atoms with van der Waals surface area (Å²) < 4.78 is 0. The fourth-order valence-electron chi connectivity index (χ4n) is 2.81. The zero-order chi connectivity index (χ0) is 19.9. The Morgan fingerprint density at radius 3 is 2.36 bits per heavy atom. The van der Waals surface area contributed by atoms with Crippen LogP contribution in [-0.2, 0) is 4.79 Å². The maximum absolute atomic E-state index is 12.3. The van der Waals surface area contributed by atoms with Crippen LogP contribution in [0.1, 0.15) is 27.3 Å². The highest BCUT2D eigenvalue weighted by Gasteiger charge is 2.22. The molecule has 3 rings (SSSR count). The number of nitrogens with zero attached hydrogens (tertiary/aromatic N) is 5. The first kappa shape index (κ1) is 19.2. The molecule has 146 valence electrons. The maximum Gasteiger partial charge on any atom is 0.354 e. The van der Waals surface area contributed by atoms with Gasteiger partial charge in [0.1, 0.15) is 5.69 Å². The molecule has 0 radical (unpaired) electrons. The molecule has 0 saturated carbocycles. The molecule has 1 aliphatic heterocycles. The summed E-state index contributed by atoms with van der Waals surface area (Å²) in [6.07, 6.45) is 4.76. The zero-order valence-electron chi connectivity index (χ0n) is 15.1. The molecule has 1 aliphatic rings. The fraction of sp³-hybridized carbons (Fsp3) is 0.333. The quantitative estimate of drug-likeness (QED) is 0.714. The third-order valence-corrected chi connectivity index (χ3v) is 4.34. The van der Waals surface area contributed by atoms with E-state index >= 15 is 0 Å². The van der Waals surface area contributed by atoms with E-state index in [1.807, 2.05) is 4.90 Å². The van der Waals surface area contributed by atoms with E-state index in [1.165, 1.54) is 18.3 Å². The van der Waals surface area contributed by atoms with Crippen molar-refractivity contribution in [1.82, 2.24) is 25.2 Å². The van der Waals surface area contributed by atoms with Crippen LogP contribution in [-0.4, -0.2) is 75.5 Å². The van der Waals surface area contributed by atoms with Crippen molar-refractivity contribution in [1.29, 1.82) is 0 Å². The van der Waals surface area contributed by atoms with E-state index in [9.17, 15) is 14.4 Å². The predicted molar refractivity (Wildman–Crippen MR) is 99.0 cm³/mol. The number of carbonyl (C=O) groups excluding carboxylic acids is 2. The van der Waals surface area contributed by atoms with Gasteiger partial charge in [-0.05, 0) is 18.2 Å². The number of aromatic nitrogens is 3. The molecule has 2 aromatic heterocycles. The summed E-state index contributed by atoms with van der Waals surface area (Å²) in [4.78, 5) is 51.0. The SMILES string of the molecule is O=C(NCCC(=O)N1CCN(c2ncccn2)CC1)c1ccc(C(=O)O)nc1. The van der Waals surface area contributed by atoms with Crippen LogP contribution in [0.3, 0.4) is 0 Å². The highest BCUT2D eigenvalue weighted by Crippen LogP contribution is 2.10. The molecule has 0 spiro atoms. The molecule has 0 unspecified atom stereocenters. The van der Waals surface area contributed by atoms with Gasteiger partial charge in [-0.2, -0.15) is 0 Å². The van der Waals surface area contributed by atoms with Crippen LogP contribution in [0.25, 0.3) is 0 Å². The van der Waals surface area contributed by atoms with E-state index in [1.54, 1.807) is 23.4 Å². The van der Waals surface area contributed by atoms with Gasteiger partial charge in [0, 0.05) is 57.7 Å². The Kier molecular flexibility index (Phi) is 6.10. The molecule has 0 atom stereocenters. The molecular formula is C18H20N6O4. The van der Waals surface area contributed by atoms with Gasteiger partial charge in [0.15, 0.2) is 0 Å². The minimum atomic E-state index is -1.16. The minimum absolute atomic E-state index is 0.0340. The fourth-order valence-corrected chi connectivity index (χ4v) is 2.81. The summed E-state index contributed by atoms with van der Waals surface area (Å²) in [5.74, 6) is -0.933. The average molecular weight is 384 g/mol. The summed E-state index contributed by atoms with van der Waals surface area (Å²) >= 11 is 0. The summed E-state index contributed by atoms with van der Waals surface area (Å²) in [5.41, 5.74) is 0.112. The molecule has 1 fully saturated rings. The molecule has 0 aromatic carbocycles. The lowest BCUT2D eigenvalue weighted by atomic mass is 10.2. The standard InChI is InChI=1S/C18H20N6O4/c25-15(23-8-10-24(11-9-23)18-20-5-1-6-21-18)4-7-19-16(26)13-2-3-14(17(27)28)22-12-13/h1-3,5-6,12H,4,7-11H2,(H,19,26)(H,27,28). The van der Waals surface area contributed by atoms with Crippen LogP contribution in [0.15, 0.2) is 36.8 Å². The molecule has 10 nitrogen and oxygen atoms in total. The van der Waals surface area contributed by atoms with Crippen LogP contribution in [0.4, 0.5) is 5.95 Å². The first-order chi connectivity index (χ1) is 13.5. The molecule has 0 bridgehead atoms. The first-order valence-electron chi connectivity index (χ1n) is 8.82. The molecule has 28 heavy (non-hydrogen) atoms. The molecule has 2 amide bonds. The Balaban J connectivity index is 1.41. The van der Waals surface area contributed by atoms with E-state index in [4.69, 9.17) is 5.11 Å². The van der Waals surface area contributed by atoms with Crippen molar-refractivity contribution in [3.63, 3.8) is 0 Å². The van der Waals surface area contributed by atoms with Gasteiger partial charge in [-0.25, -0.2) is 19.7 Å². The Labute approximate surface area is 161 Å². The summed E-state index contributed by atoms with van der Waals surface area (Å²) in [6.45, 7) is 2.66. The lowest BCUT2D eigenvalue weighted by Crippen LogP contribution is -2.49. The highest BCUT2D eigenvalue weighted by molar-refractivity contribution is 5.95. The lowest BCUT2D eigenvalue weighted by Gasteiger charge is -2.34. The van der Waals surface area contributed by atoms with E-state index < -0.39 is 11.9 Å². The van der Waals surface area contributed by atoms with Crippen molar-refractivity contribution in [3.05, 3.63) is 48.0 Å². The second kappa shape index (κ2) is 8.89. The number of carbonyl (C=O) groups is 3. The lowest BCUT2D eigenvalue weighted by molar-refractivity contribution is -0.131. The first-order valence-corrected chi connectivity index (χ1v) is 8.82. The Hall–Kier alpha value is -3.56. The van der Waals surface area contributed by atoms with Crippen LogP contribution in [0.2, 0.25) is 0 Å². The van der Waals surface area contributed by atoms with Gasteiger partial charge in [0.05, 0.1) is 5.56 Å². The van der Waals surface area contributed by atoms with Gasteiger partial charge in [-0.15, -0.1) is 0 Å². The largest absolute Gasteiger partial charge is 0.477 e. The molecule has 2 N–H and O–H groups in total. The number of carboxylic acids is 1. The third kappa shape index (κ3) is 4.78. The summed E-state index contributed by atoms with van der Waals surface area (Å²) in [7, 11) is 0. The van der Waals surface area contributed by atoms with Crippen molar-refractivity contribution in [2.45, 2.75) is 6.42 Å². The van der Waals surface area contributed by atoms with Gasteiger partial charge < -0.3 is 20.2 Å². The van der Waals surface area contributed by atoms with Crippen molar-refractivity contribution < 1.29 is 19.5 Å². The maximum atomic E-state index is 12.3. The molecule has 0 aliphatic carbocycles. The smallest absolute Gasteiger partial charge is 0.354 e. The number of amides is 2. The topological polar surface area (TPSA) is 129 Å². The molecule has 3 heterocycles. The van der Waals surface area contributed by atoms with Gasteiger partial charge in [-0.3, -0.25) is 9.59 Å². The van der Waals surface area contributed by atoms with Gasteiger partial charge in [0.2, 0.25) is 11.9 Å². The average Bonchev–Trinajstić information content (AvgIpc) is 2.74. The third-order valence-electron chi connectivity index (χ3n) is 4.34. The summed E-state index contributed by atoms with van der Waals surface area (Å²) in [5, 5.41) is 11.5. The molecular weight excluding hydrogens is 364 g/mol. The number of aromatic carboxylic acids is 1. The second-order valence-electron chi connectivity index (χ2n) is 6.16. The number of carboxylic acid groups (broad SMARTS) is 1. The number of piperazine rings is 1. The monoisotopic (exact) mass is 384 g/mol. The van der Waals surface area contributed by atoms with E-state index in [2.05, 4.69) is 20.3 Å². The van der Waals surface area contributed by atoms with Crippen molar-refractivity contribution in [2.24, 2.45) is 0 Å². The summed E-state index contributed by atoms with van der Waals surface area (Å²) in [6, 6.07) is 4.41. The number of nitrogens with one attached hydrogen (secondary N) is 1. The van der Waals surface area contributed by atoms with E-state index in [-0.39, 0.29) is 30.1 Å². The van der Waals surface area contributed by atoms with Gasteiger partial charge >= 0.3 is 5.97 Å². The van der Waals surface area contributed by atoms with E-state index in [0.29, 0.717) is 32.1 Å². The Morgan fingerprint density at radius 1 is 1.04 bits per heavy atom. The Morgan fingerprint density at radius 2 is 1.75 bits per heavy atom. The number of pyridine rings is 1. The van der Waals surface area contributed by atoms with Crippen molar-refractivity contribution >= 4 is 23.7 Å². The minimum Gasteiger partial charge on any atom is -0.477 e.